The van der Waals surface area contributed by atoms with Crippen LogP contribution in [0, 0.1) is 5.41 Å². The molecule has 1 N–H and O–H groups in total. The van der Waals surface area contributed by atoms with Crippen molar-refractivity contribution < 1.29 is 14.6 Å². The van der Waals surface area contributed by atoms with Gasteiger partial charge in [-0.25, -0.2) is 0 Å². The predicted octanol–water partition coefficient (Wildman–Crippen LogP) is 2.52. The molecule has 2 aliphatic rings. The maximum Gasteiger partial charge on any atom is 0.309 e. The Bertz CT molecular complexity index is 303. The molecule has 2 fully saturated rings. The minimum atomic E-state index is -0.592. The summed E-state index contributed by atoms with van der Waals surface area (Å²) in [5.41, 5.74) is -0.415. The van der Waals surface area contributed by atoms with E-state index in [1.54, 1.807) is 0 Å². The summed E-state index contributed by atoms with van der Waals surface area (Å²) in [5, 5.41) is 9.37. The average molecular weight is 269 g/mol. The number of rotatable bonds is 6. The number of carboxylic acid groups (broad SMARTS) is 1. The van der Waals surface area contributed by atoms with E-state index in [1.807, 2.05) is 0 Å². The largest absolute Gasteiger partial charge is 0.481 e. The number of carboxylic acids is 1. The van der Waals surface area contributed by atoms with Crippen molar-refractivity contribution in [2.45, 2.75) is 64.6 Å². The van der Waals surface area contributed by atoms with Crippen molar-refractivity contribution in [2.75, 3.05) is 19.6 Å². The van der Waals surface area contributed by atoms with Crippen LogP contribution in [-0.2, 0) is 9.53 Å². The fraction of sp³-hybridized carbons (Fsp3) is 0.933. The van der Waals surface area contributed by atoms with E-state index >= 15 is 0 Å². The van der Waals surface area contributed by atoms with Gasteiger partial charge in [-0.2, -0.15) is 0 Å². The molecule has 0 aromatic carbocycles. The number of nitrogens with zero attached hydrogens (tertiary/aromatic N) is 1. The maximum absolute atomic E-state index is 11.4. The van der Waals surface area contributed by atoms with Crippen LogP contribution < -0.4 is 0 Å². The van der Waals surface area contributed by atoms with Crippen molar-refractivity contribution in [3.63, 3.8) is 0 Å². The highest BCUT2D eigenvalue weighted by atomic mass is 16.5. The van der Waals surface area contributed by atoms with Gasteiger partial charge in [-0.3, -0.25) is 9.69 Å². The molecule has 1 heterocycles. The highest BCUT2D eigenvalue weighted by Crippen LogP contribution is 2.44. The van der Waals surface area contributed by atoms with E-state index in [9.17, 15) is 9.90 Å². The predicted molar refractivity (Wildman–Crippen MR) is 74.2 cm³/mol. The second-order valence-corrected chi connectivity index (χ2v) is 6.15. The Balaban J connectivity index is 1.86. The van der Waals surface area contributed by atoms with Gasteiger partial charge in [0, 0.05) is 13.1 Å². The van der Waals surface area contributed by atoms with Gasteiger partial charge in [0.15, 0.2) is 0 Å². The summed E-state index contributed by atoms with van der Waals surface area (Å²) in [6.07, 6.45) is 6.32. The van der Waals surface area contributed by atoms with Gasteiger partial charge in [0.1, 0.15) is 0 Å². The smallest absolute Gasteiger partial charge is 0.309 e. The molecule has 0 bridgehead atoms. The zero-order chi connectivity index (χ0) is 13.9. The first kappa shape index (κ1) is 14.8. The average Bonchev–Trinajstić information content (AvgIpc) is 2.36. The summed E-state index contributed by atoms with van der Waals surface area (Å²) in [4.78, 5) is 13.8. The van der Waals surface area contributed by atoms with Crippen molar-refractivity contribution in [2.24, 2.45) is 5.41 Å². The van der Waals surface area contributed by atoms with E-state index in [2.05, 4.69) is 18.7 Å². The van der Waals surface area contributed by atoms with Crippen molar-refractivity contribution in [1.29, 1.82) is 0 Å². The Labute approximate surface area is 116 Å². The Hall–Kier alpha value is -0.610. The van der Waals surface area contributed by atoms with Gasteiger partial charge in [0.05, 0.1) is 17.6 Å². The molecule has 1 saturated carbocycles. The molecule has 19 heavy (non-hydrogen) atoms. The lowest BCUT2D eigenvalue weighted by molar-refractivity contribution is -0.156. The van der Waals surface area contributed by atoms with Gasteiger partial charge in [-0.1, -0.05) is 20.3 Å². The quantitative estimate of drug-likeness (QED) is 0.805. The summed E-state index contributed by atoms with van der Waals surface area (Å²) in [6, 6.07) is 0. The normalized spacial score (nSPS) is 30.8. The second-order valence-electron chi connectivity index (χ2n) is 6.15. The van der Waals surface area contributed by atoms with Crippen molar-refractivity contribution in [3.05, 3.63) is 0 Å². The Morgan fingerprint density at radius 2 is 1.84 bits per heavy atom. The van der Waals surface area contributed by atoms with Gasteiger partial charge in [0.2, 0.25) is 0 Å². The number of hydrogen-bond donors (Lipinski definition) is 1. The molecule has 2 rings (SSSR count). The summed E-state index contributed by atoms with van der Waals surface area (Å²) < 4.78 is 5.98. The lowest BCUT2D eigenvalue weighted by Crippen LogP contribution is -2.49. The molecule has 110 valence electrons. The molecule has 2 unspecified atom stereocenters. The zero-order valence-electron chi connectivity index (χ0n) is 12.2. The van der Waals surface area contributed by atoms with Crippen LogP contribution in [0.3, 0.4) is 0 Å². The van der Waals surface area contributed by atoms with Crippen LogP contribution >= 0.6 is 0 Å². The van der Waals surface area contributed by atoms with Crippen LogP contribution in [0.1, 0.15) is 52.4 Å². The molecule has 0 spiro atoms. The van der Waals surface area contributed by atoms with Gasteiger partial charge in [0.25, 0.3) is 0 Å². The topological polar surface area (TPSA) is 49.8 Å². The number of carbonyl (C=O) groups is 1. The number of aliphatic carboxylic acids is 1. The van der Waals surface area contributed by atoms with Crippen LogP contribution in [0.15, 0.2) is 0 Å². The number of ether oxygens (including phenoxy) is 1. The minimum Gasteiger partial charge on any atom is -0.481 e. The monoisotopic (exact) mass is 269 g/mol. The summed E-state index contributed by atoms with van der Waals surface area (Å²) in [6.45, 7) is 7.14. The lowest BCUT2D eigenvalue weighted by atomic mass is 9.66. The Morgan fingerprint density at radius 3 is 2.21 bits per heavy atom. The van der Waals surface area contributed by atoms with E-state index in [0.717, 1.165) is 58.2 Å². The van der Waals surface area contributed by atoms with Crippen molar-refractivity contribution in [3.8, 4) is 0 Å². The highest BCUT2D eigenvalue weighted by molar-refractivity contribution is 5.75. The van der Waals surface area contributed by atoms with Gasteiger partial charge in [-0.05, 0) is 38.6 Å². The maximum atomic E-state index is 11.4. The Kier molecular flexibility index (Phi) is 4.85. The molecule has 0 aromatic rings. The van der Waals surface area contributed by atoms with Crippen molar-refractivity contribution in [1.82, 2.24) is 4.90 Å². The first-order valence-corrected chi connectivity index (χ1v) is 7.71. The van der Waals surface area contributed by atoms with Crippen LogP contribution in [0.5, 0.6) is 0 Å². The van der Waals surface area contributed by atoms with E-state index in [1.165, 1.54) is 0 Å². The molecule has 1 saturated heterocycles. The lowest BCUT2D eigenvalue weighted by Gasteiger charge is -2.42. The third kappa shape index (κ3) is 3.29. The zero-order valence-corrected chi connectivity index (χ0v) is 12.2. The molecule has 1 aliphatic heterocycles. The summed E-state index contributed by atoms with van der Waals surface area (Å²) >= 11 is 0. The SMILES string of the molecule is CCC1CN(CCC2(C(=O)O)CCC2)CC(CC)O1. The third-order valence-corrected chi connectivity index (χ3v) is 4.89. The summed E-state index contributed by atoms with van der Waals surface area (Å²) in [7, 11) is 0. The van der Waals surface area contributed by atoms with E-state index < -0.39 is 11.4 Å². The van der Waals surface area contributed by atoms with Gasteiger partial charge < -0.3 is 9.84 Å². The number of hydrogen-bond acceptors (Lipinski definition) is 3. The van der Waals surface area contributed by atoms with Gasteiger partial charge >= 0.3 is 5.97 Å². The third-order valence-electron chi connectivity index (χ3n) is 4.89. The minimum absolute atomic E-state index is 0.320. The molecular weight excluding hydrogens is 242 g/mol. The van der Waals surface area contributed by atoms with E-state index in [-0.39, 0.29) is 0 Å². The van der Waals surface area contributed by atoms with Crippen LogP contribution in [0.4, 0.5) is 0 Å². The molecule has 2 atom stereocenters. The molecule has 0 radical (unpaired) electrons. The van der Waals surface area contributed by atoms with Gasteiger partial charge in [-0.15, -0.1) is 0 Å². The van der Waals surface area contributed by atoms with Crippen LogP contribution in [-0.4, -0.2) is 47.8 Å². The molecule has 0 amide bonds. The molecule has 1 aliphatic carbocycles. The molecule has 4 heteroatoms. The second kappa shape index (κ2) is 6.23. The molecule has 0 aromatic heterocycles. The first-order valence-electron chi connectivity index (χ1n) is 7.71. The molecular formula is C15H27NO3. The highest BCUT2D eigenvalue weighted by Gasteiger charge is 2.44. The number of morpholine rings is 1. The van der Waals surface area contributed by atoms with E-state index in [4.69, 9.17) is 4.74 Å². The summed E-state index contributed by atoms with van der Waals surface area (Å²) in [5.74, 6) is -0.592. The van der Waals surface area contributed by atoms with Crippen LogP contribution in [0.25, 0.3) is 0 Å². The first-order chi connectivity index (χ1) is 9.09. The van der Waals surface area contributed by atoms with Crippen molar-refractivity contribution >= 4 is 5.97 Å². The fourth-order valence-corrected chi connectivity index (χ4v) is 3.19. The van der Waals surface area contributed by atoms with E-state index in [0.29, 0.717) is 12.2 Å². The molecule has 4 nitrogen and oxygen atoms in total. The Morgan fingerprint density at radius 1 is 1.26 bits per heavy atom. The standard InChI is InChI=1S/C15H27NO3/c1-3-12-10-16(11-13(4-2)19-12)9-8-15(14(17)18)6-5-7-15/h12-13H,3-11H2,1-2H3,(H,17,18). The fourth-order valence-electron chi connectivity index (χ4n) is 3.19. The van der Waals surface area contributed by atoms with Crippen LogP contribution in [0.2, 0.25) is 0 Å².